The number of aryl methyl sites for hydroxylation is 1. The average Bonchev–Trinajstić information content (AvgIpc) is 3.28. The van der Waals surface area contributed by atoms with E-state index in [9.17, 15) is 13.2 Å². The van der Waals surface area contributed by atoms with Crippen LogP contribution in [0.15, 0.2) is 57.2 Å². The van der Waals surface area contributed by atoms with Crippen LogP contribution in [0.3, 0.4) is 0 Å². The number of amides is 1. The molecule has 1 amide bonds. The van der Waals surface area contributed by atoms with Gasteiger partial charge >= 0.3 is 10.1 Å². The third kappa shape index (κ3) is 5.31. The predicted octanol–water partition coefficient (Wildman–Crippen LogP) is 5.80. The van der Waals surface area contributed by atoms with E-state index in [-0.39, 0.29) is 22.5 Å². The van der Waals surface area contributed by atoms with Gasteiger partial charge in [0.15, 0.2) is 10.9 Å². The number of fused-ring (bicyclic) bond motifs is 1. The second-order valence-electron chi connectivity index (χ2n) is 8.02. The van der Waals surface area contributed by atoms with Crippen molar-refractivity contribution in [3.05, 3.63) is 57.9 Å². The zero-order chi connectivity index (χ0) is 25.3. The van der Waals surface area contributed by atoms with E-state index < -0.39 is 10.1 Å². The van der Waals surface area contributed by atoms with E-state index in [1.54, 1.807) is 43.5 Å². The Hall–Kier alpha value is -3.02. The fraction of sp³-hybridized carbons (Fsp3) is 0.208. The number of carbonyl (C=O) groups is 1. The molecule has 2 aromatic heterocycles. The summed E-state index contributed by atoms with van der Waals surface area (Å²) >= 11 is 4.75. The first-order valence-electron chi connectivity index (χ1n) is 10.5. The molecule has 0 aliphatic heterocycles. The van der Waals surface area contributed by atoms with Crippen molar-refractivity contribution >= 4 is 59.3 Å². The van der Waals surface area contributed by atoms with Gasteiger partial charge < -0.3 is 14.2 Å². The van der Waals surface area contributed by atoms with Crippen molar-refractivity contribution in [3.8, 4) is 22.9 Å². The minimum Gasteiger partial charge on any atom is -0.495 e. The van der Waals surface area contributed by atoms with E-state index in [4.69, 9.17) is 8.92 Å². The molecule has 1 N–H and O–H groups in total. The molecule has 4 rings (SSSR count). The van der Waals surface area contributed by atoms with Crippen LogP contribution in [0, 0.1) is 12.8 Å². The predicted molar refractivity (Wildman–Crippen MR) is 140 cm³/mol. The molecule has 0 saturated heterocycles. The molecule has 0 bridgehead atoms. The maximum atomic E-state index is 13.1. The van der Waals surface area contributed by atoms with Gasteiger partial charge in [0.25, 0.3) is 0 Å². The molecule has 0 fully saturated rings. The second-order valence-corrected chi connectivity index (χ2v) is 11.2. The van der Waals surface area contributed by atoms with Gasteiger partial charge in [-0.05, 0) is 47.1 Å². The van der Waals surface area contributed by atoms with Crippen molar-refractivity contribution in [3.63, 3.8) is 0 Å². The van der Waals surface area contributed by atoms with Gasteiger partial charge in [-0.2, -0.15) is 8.42 Å². The van der Waals surface area contributed by atoms with Crippen molar-refractivity contribution in [1.82, 2.24) is 9.97 Å². The van der Waals surface area contributed by atoms with Crippen molar-refractivity contribution in [2.75, 3.05) is 12.4 Å². The number of thiazole rings is 1. The van der Waals surface area contributed by atoms with Crippen LogP contribution in [-0.4, -0.2) is 31.4 Å². The molecule has 0 aliphatic carbocycles. The molecular formula is C24H22BrN3O5S2. The van der Waals surface area contributed by atoms with Crippen molar-refractivity contribution in [1.29, 1.82) is 0 Å². The number of hydrogen-bond donors (Lipinski definition) is 1. The van der Waals surface area contributed by atoms with Crippen LogP contribution in [0.2, 0.25) is 0 Å². The monoisotopic (exact) mass is 575 g/mol. The lowest BCUT2D eigenvalue weighted by Crippen LogP contribution is -2.17. The first kappa shape index (κ1) is 25.1. The molecule has 0 saturated carbocycles. The number of carbonyl (C=O) groups excluding carboxylic acids is 1. The molecule has 182 valence electrons. The quantitative estimate of drug-likeness (QED) is 0.277. The second kappa shape index (κ2) is 9.92. The number of rotatable bonds is 7. The lowest BCUT2D eigenvalue weighted by atomic mass is 10.1. The molecular weight excluding hydrogens is 554 g/mol. The smallest absolute Gasteiger partial charge is 0.339 e. The number of hydrogen-bond acceptors (Lipinski definition) is 8. The minimum absolute atomic E-state index is 0.0366. The van der Waals surface area contributed by atoms with Crippen molar-refractivity contribution < 1.29 is 22.1 Å². The molecule has 0 radical (unpaired) electrons. The molecule has 2 heterocycles. The average molecular weight is 576 g/mol. The summed E-state index contributed by atoms with van der Waals surface area (Å²) in [6, 6.07) is 11.3. The van der Waals surface area contributed by atoms with Gasteiger partial charge in [-0.25, -0.2) is 9.97 Å². The lowest BCUT2D eigenvalue weighted by Gasteiger charge is -2.13. The molecule has 4 aromatic rings. The maximum absolute atomic E-state index is 13.1. The molecule has 0 unspecified atom stereocenters. The highest BCUT2D eigenvalue weighted by molar-refractivity contribution is 9.10. The number of ether oxygens (including phenoxy) is 1. The Morgan fingerprint density at radius 3 is 2.43 bits per heavy atom. The van der Waals surface area contributed by atoms with E-state index in [2.05, 4.69) is 31.2 Å². The van der Waals surface area contributed by atoms with Crippen molar-refractivity contribution in [2.45, 2.75) is 25.7 Å². The summed E-state index contributed by atoms with van der Waals surface area (Å²) in [7, 11) is -2.59. The van der Waals surface area contributed by atoms with E-state index in [0.717, 1.165) is 5.56 Å². The third-order valence-corrected chi connectivity index (χ3v) is 7.87. The third-order valence-electron chi connectivity index (χ3n) is 5.10. The molecule has 11 heteroatoms. The highest BCUT2D eigenvalue weighted by Gasteiger charge is 2.22. The number of nitrogens with one attached hydrogen (secondary N) is 1. The number of benzene rings is 2. The van der Waals surface area contributed by atoms with E-state index in [1.165, 1.54) is 36.6 Å². The minimum atomic E-state index is -4.12. The Labute approximate surface area is 215 Å². The standard InChI is InChI=1S/C24H22BrN3O5S2/c1-13(2)23(29)28-24-27-18(12-34-24)17-11-20(16-9-10-19(32-4)21(25)22(16)26-17)33-35(30,31)15-7-5-14(3)6-8-15/h5-13H,1-4H3,(H,27,28,29). The zero-order valence-corrected chi connectivity index (χ0v) is 22.5. The fourth-order valence-electron chi connectivity index (χ4n) is 3.14. The van der Waals surface area contributed by atoms with Gasteiger partial charge in [-0.1, -0.05) is 31.5 Å². The van der Waals surface area contributed by atoms with Crippen LogP contribution < -0.4 is 14.2 Å². The van der Waals surface area contributed by atoms with Crippen LogP contribution in [0.5, 0.6) is 11.5 Å². The SMILES string of the molecule is COc1ccc2c(OS(=O)(=O)c3ccc(C)cc3)cc(-c3csc(NC(=O)C(C)C)n3)nc2c1Br. The highest BCUT2D eigenvalue weighted by Crippen LogP contribution is 2.39. The number of aromatic nitrogens is 2. The van der Waals surface area contributed by atoms with Gasteiger partial charge in [0, 0.05) is 22.8 Å². The van der Waals surface area contributed by atoms with Crippen LogP contribution in [-0.2, 0) is 14.9 Å². The summed E-state index contributed by atoms with van der Waals surface area (Å²) in [5, 5.41) is 5.38. The highest BCUT2D eigenvalue weighted by atomic mass is 79.9. The Balaban J connectivity index is 1.83. The number of nitrogens with zero attached hydrogens (tertiary/aromatic N) is 2. The zero-order valence-electron chi connectivity index (χ0n) is 19.3. The number of pyridine rings is 1. The molecule has 35 heavy (non-hydrogen) atoms. The maximum Gasteiger partial charge on any atom is 0.339 e. The van der Waals surface area contributed by atoms with E-state index in [1.807, 2.05) is 6.92 Å². The number of anilines is 1. The van der Waals surface area contributed by atoms with Gasteiger partial charge in [0.2, 0.25) is 5.91 Å². The van der Waals surface area contributed by atoms with Crippen LogP contribution in [0.25, 0.3) is 22.3 Å². The molecule has 0 atom stereocenters. The summed E-state index contributed by atoms with van der Waals surface area (Å²) in [6.07, 6.45) is 0. The number of methoxy groups -OCH3 is 1. The first-order valence-corrected chi connectivity index (χ1v) is 13.6. The summed E-state index contributed by atoms with van der Waals surface area (Å²) in [4.78, 5) is 21.2. The normalized spacial score (nSPS) is 11.6. The van der Waals surface area contributed by atoms with Gasteiger partial charge in [0.05, 0.1) is 22.8 Å². The first-order chi connectivity index (χ1) is 16.6. The molecule has 2 aromatic carbocycles. The van der Waals surface area contributed by atoms with Crippen molar-refractivity contribution in [2.24, 2.45) is 5.92 Å². The Kier molecular flexibility index (Phi) is 7.11. The Bertz CT molecular complexity index is 1520. The summed E-state index contributed by atoms with van der Waals surface area (Å²) in [5.74, 6) is 0.266. The lowest BCUT2D eigenvalue weighted by molar-refractivity contribution is -0.118. The van der Waals surface area contributed by atoms with Gasteiger partial charge in [0.1, 0.15) is 16.3 Å². The van der Waals surface area contributed by atoms with Crippen LogP contribution >= 0.6 is 27.3 Å². The van der Waals surface area contributed by atoms with Crippen LogP contribution in [0.4, 0.5) is 5.13 Å². The van der Waals surface area contributed by atoms with E-state index >= 15 is 0 Å². The molecule has 0 spiro atoms. The Morgan fingerprint density at radius 2 is 1.77 bits per heavy atom. The van der Waals surface area contributed by atoms with Gasteiger partial charge in [-0.3, -0.25) is 4.79 Å². The van der Waals surface area contributed by atoms with Crippen LogP contribution in [0.1, 0.15) is 19.4 Å². The largest absolute Gasteiger partial charge is 0.495 e. The Morgan fingerprint density at radius 1 is 1.06 bits per heavy atom. The van der Waals surface area contributed by atoms with E-state index in [0.29, 0.717) is 37.6 Å². The fourth-order valence-corrected chi connectivity index (χ4v) is 5.38. The van der Waals surface area contributed by atoms with Gasteiger partial charge in [-0.15, -0.1) is 11.3 Å². The number of halogens is 1. The summed E-state index contributed by atoms with van der Waals surface area (Å²) in [6.45, 7) is 5.45. The molecule has 0 aliphatic rings. The topological polar surface area (TPSA) is 107 Å². The summed E-state index contributed by atoms with van der Waals surface area (Å²) < 4.78 is 37.7. The summed E-state index contributed by atoms with van der Waals surface area (Å²) in [5.41, 5.74) is 2.21. The molecule has 8 nitrogen and oxygen atoms in total.